The number of nitrogens with one attached hydrogen (secondary N) is 1. The van der Waals surface area contributed by atoms with Crippen molar-refractivity contribution in [3.8, 4) is 0 Å². The predicted molar refractivity (Wildman–Crippen MR) is 109 cm³/mol. The Morgan fingerprint density at radius 1 is 1.11 bits per heavy atom. The molecule has 1 N–H and O–H groups in total. The Morgan fingerprint density at radius 2 is 1.82 bits per heavy atom. The summed E-state index contributed by atoms with van der Waals surface area (Å²) in [7, 11) is -3.09. The molecule has 1 aromatic rings. The number of likely N-dealkylation sites (tertiary alicyclic amines) is 1. The van der Waals surface area contributed by atoms with Gasteiger partial charge < -0.3 is 10.2 Å². The summed E-state index contributed by atoms with van der Waals surface area (Å²) in [5.74, 6) is 1.02. The third-order valence-electron chi connectivity index (χ3n) is 6.16. The molecule has 2 unspecified atom stereocenters. The van der Waals surface area contributed by atoms with E-state index in [1.807, 2.05) is 12.1 Å². The second-order valence-electron chi connectivity index (χ2n) is 8.10. The Bertz CT molecular complexity index is 803. The summed E-state index contributed by atoms with van der Waals surface area (Å²) in [4.78, 5) is 21.6. The van der Waals surface area contributed by atoms with Gasteiger partial charge in [0, 0.05) is 31.2 Å². The normalized spacial score (nSPS) is 28.5. The van der Waals surface area contributed by atoms with Crippen LogP contribution in [0.25, 0.3) is 0 Å². The van der Waals surface area contributed by atoms with Gasteiger partial charge in [-0.3, -0.25) is 9.69 Å². The maximum absolute atomic E-state index is 12.8. The van der Waals surface area contributed by atoms with Gasteiger partial charge in [-0.05, 0) is 50.9 Å². The van der Waals surface area contributed by atoms with Crippen molar-refractivity contribution in [2.24, 2.45) is 5.92 Å². The molecular formula is C19H27ClN4O3S. The van der Waals surface area contributed by atoms with Crippen molar-refractivity contribution in [3.05, 3.63) is 23.4 Å². The van der Waals surface area contributed by atoms with E-state index in [-0.39, 0.29) is 35.4 Å². The van der Waals surface area contributed by atoms with E-state index in [2.05, 4.69) is 20.1 Å². The lowest BCUT2D eigenvalue weighted by molar-refractivity contribution is -0.126. The van der Waals surface area contributed by atoms with Crippen molar-refractivity contribution >= 4 is 33.2 Å². The smallest absolute Gasteiger partial charge is 0.223 e. The van der Waals surface area contributed by atoms with Gasteiger partial charge in [0.05, 0.1) is 22.6 Å². The Morgan fingerprint density at radius 3 is 2.46 bits per heavy atom. The standard InChI is InChI=1S/C19H27ClN4O3S/c20-15-3-4-18(21-11-15)24-9-5-14(6-10-24)19(25)22-16-12-28(26,27)13-17(16)23-7-1-2-8-23/h3-4,11,14,16-17H,1-2,5-10,12-13H2,(H,22,25). The molecule has 0 aromatic carbocycles. The third-order valence-corrected chi connectivity index (χ3v) is 8.10. The van der Waals surface area contributed by atoms with E-state index in [1.165, 1.54) is 0 Å². The maximum Gasteiger partial charge on any atom is 0.223 e. The van der Waals surface area contributed by atoms with Crippen molar-refractivity contribution < 1.29 is 13.2 Å². The first-order chi connectivity index (χ1) is 13.4. The molecule has 3 fully saturated rings. The second kappa shape index (κ2) is 8.16. The molecular weight excluding hydrogens is 400 g/mol. The Hall–Kier alpha value is -1.38. The molecule has 0 aliphatic carbocycles. The summed E-state index contributed by atoms with van der Waals surface area (Å²) in [6.45, 7) is 3.37. The topological polar surface area (TPSA) is 82.6 Å². The van der Waals surface area contributed by atoms with E-state index in [9.17, 15) is 13.2 Å². The number of anilines is 1. The van der Waals surface area contributed by atoms with E-state index in [0.717, 1.165) is 57.7 Å². The van der Waals surface area contributed by atoms with Gasteiger partial charge in [-0.15, -0.1) is 0 Å². The molecule has 0 bridgehead atoms. The van der Waals surface area contributed by atoms with Crippen LogP contribution in [0.2, 0.25) is 5.02 Å². The molecule has 28 heavy (non-hydrogen) atoms. The van der Waals surface area contributed by atoms with Crippen LogP contribution in [0.1, 0.15) is 25.7 Å². The molecule has 9 heteroatoms. The number of carbonyl (C=O) groups excluding carboxylic acids is 1. The van der Waals surface area contributed by atoms with Crippen molar-refractivity contribution in [3.63, 3.8) is 0 Å². The summed E-state index contributed by atoms with van der Waals surface area (Å²) in [5.41, 5.74) is 0. The number of amides is 1. The van der Waals surface area contributed by atoms with Crippen molar-refractivity contribution in [1.29, 1.82) is 0 Å². The predicted octanol–water partition coefficient (Wildman–Crippen LogP) is 1.33. The zero-order chi connectivity index (χ0) is 19.7. The average Bonchev–Trinajstić information content (AvgIpc) is 3.30. The van der Waals surface area contributed by atoms with Gasteiger partial charge in [0.2, 0.25) is 5.91 Å². The van der Waals surface area contributed by atoms with E-state index < -0.39 is 9.84 Å². The van der Waals surface area contributed by atoms with Gasteiger partial charge in [0.15, 0.2) is 9.84 Å². The lowest BCUT2D eigenvalue weighted by Gasteiger charge is -2.34. The molecule has 154 valence electrons. The van der Waals surface area contributed by atoms with Crippen molar-refractivity contribution in [2.45, 2.75) is 37.8 Å². The van der Waals surface area contributed by atoms with Crippen molar-refractivity contribution in [1.82, 2.24) is 15.2 Å². The molecule has 4 rings (SSSR count). The molecule has 3 saturated heterocycles. The lowest BCUT2D eigenvalue weighted by Crippen LogP contribution is -2.52. The number of piperidine rings is 1. The summed E-state index contributed by atoms with van der Waals surface area (Å²) in [5, 5.41) is 3.69. The van der Waals surface area contributed by atoms with Crippen molar-refractivity contribution in [2.75, 3.05) is 42.6 Å². The minimum atomic E-state index is -3.09. The number of sulfone groups is 1. The van der Waals surface area contributed by atoms with Crippen LogP contribution < -0.4 is 10.2 Å². The van der Waals surface area contributed by atoms with Crippen LogP contribution in [0.15, 0.2) is 18.3 Å². The molecule has 2 atom stereocenters. The Balaban J connectivity index is 1.34. The first-order valence-corrected chi connectivity index (χ1v) is 12.2. The number of nitrogens with zero attached hydrogens (tertiary/aromatic N) is 3. The Kier molecular flexibility index (Phi) is 5.81. The summed E-state index contributed by atoms with van der Waals surface area (Å²) < 4.78 is 24.4. The quantitative estimate of drug-likeness (QED) is 0.782. The fraction of sp³-hybridized carbons (Fsp3) is 0.684. The zero-order valence-corrected chi connectivity index (χ0v) is 17.5. The van der Waals surface area contributed by atoms with Crippen LogP contribution in [-0.4, -0.2) is 74.0 Å². The van der Waals surface area contributed by atoms with Gasteiger partial charge in [-0.25, -0.2) is 13.4 Å². The first kappa shape index (κ1) is 19.9. The molecule has 1 aromatic heterocycles. The van der Waals surface area contributed by atoms with Crippen LogP contribution in [0.4, 0.5) is 5.82 Å². The number of hydrogen-bond acceptors (Lipinski definition) is 6. The summed E-state index contributed by atoms with van der Waals surface area (Å²) in [6, 6.07) is 3.36. The summed E-state index contributed by atoms with van der Waals surface area (Å²) in [6.07, 6.45) is 5.32. The highest BCUT2D eigenvalue weighted by Gasteiger charge is 2.43. The van der Waals surface area contributed by atoms with Crippen LogP contribution in [0.5, 0.6) is 0 Å². The van der Waals surface area contributed by atoms with Gasteiger partial charge in [-0.2, -0.15) is 0 Å². The van der Waals surface area contributed by atoms with E-state index in [1.54, 1.807) is 6.20 Å². The number of pyridine rings is 1. The van der Waals surface area contributed by atoms with Crippen LogP contribution in [-0.2, 0) is 14.6 Å². The third kappa shape index (κ3) is 4.44. The zero-order valence-electron chi connectivity index (χ0n) is 15.9. The second-order valence-corrected chi connectivity index (χ2v) is 10.7. The monoisotopic (exact) mass is 426 g/mol. The highest BCUT2D eigenvalue weighted by Crippen LogP contribution is 2.26. The summed E-state index contributed by atoms with van der Waals surface area (Å²) >= 11 is 5.90. The molecule has 0 saturated carbocycles. The highest BCUT2D eigenvalue weighted by molar-refractivity contribution is 7.91. The number of halogens is 1. The molecule has 0 radical (unpaired) electrons. The van der Waals surface area contributed by atoms with E-state index in [0.29, 0.717) is 5.02 Å². The molecule has 3 aliphatic rings. The number of hydrogen-bond donors (Lipinski definition) is 1. The lowest BCUT2D eigenvalue weighted by atomic mass is 9.95. The SMILES string of the molecule is O=C(NC1CS(=O)(=O)CC1N1CCCC1)C1CCN(c2ccc(Cl)cn2)CC1. The minimum Gasteiger partial charge on any atom is -0.357 e. The van der Waals surface area contributed by atoms with Gasteiger partial charge in [0.25, 0.3) is 0 Å². The number of aromatic nitrogens is 1. The van der Waals surface area contributed by atoms with Gasteiger partial charge >= 0.3 is 0 Å². The van der Waals surface area contributed by atoms with E-state index >= 15 is 0 Å². The fourth-order valence-electron chi connectivity index (χ4n) is 4.63. The number of rotatable bonds is 4. The fourth-order valence-corrected chi connectivity index (χ4v) is 6.69. The average molecular weight is 427 g/mol. The molecule has 7 nitrogen and oxygen atoms in total. The van der Waals surface area contributed by atoms with Crippen LogP contribution >= 0.6 is 11.6 Å². The molecule has 1 amide bonds. The highest BCUT2D eigenvalue weighted by atomic mass is 35.5. The molecule has 4 heterocycles. The minimum absolute atomic E-state index is 0.00462. The number of carbonyl (C=O) groups is 1. The van der Waals surface area contributed by atoms with Gasteiger partial charge in [-0.1, -0.05) is 11.6 Å². The molecule has 0 spiro atoms. The first-order valence-electron chi connectivity index (χ1n) is 10.0. The molecule has 3 aliphatic heterocycles. The largest absolute Gasteiger partial charge is 0.357 e. The van der Waals surface area contributed by atoms with Crippen LogP contribution in [0.3, 0.4) is 0 Å². The van der Waals surface area contributed by atoms with E-state index in [4.69, 9.17) is 11.6 Å². The maximum atomic E-state index is 12.8. The van der Waals surface area contributed by atoms with Crippen LogP contribution in [0, 0.1) is 5.92 Å². The Labute approximate surface area is 171 Å². The van der Waals surface area contributed by atoms with Gasteiger partial charge in [0.1, 0.15) is 5.82 Å².